The van der Waals surface area contributed by atoms with Crippen molar-refractivity contribution < 1.29 is 9.59 Å². The van der Waals surface area contributed by atoms with E-state index < -0.39 is 5.91 Å². The maximum atomic E-state index is 12.5. The molecule has 0 bridgehead atoms. The van der Waals surface area contributed by atoms with E-state index in [2.05, 4.69) is 21.7 Å². The summed E-state index contributed by atoms with van der Waals surface area (Å²) in [6.45, 7) is 0.404. The van der Waals surface area contributed by atoms with Crippen molar-refractivity contribution in [3.63, 3.8) is 0 Å². The van der Waals surface area contributed by atoms with Crippen molar-refractivity contribution in [2.24, 2.45) is 5.73 Å². The highest BCUT2D eigenvalue weighted by Gasteiger charge is 2.34. The maximum absolute atomic E-state index is 12.5. The Bertz CT molecular complexity index is 798. The fraction of sp³-hybridized carbons (Fsp3) is 0.444. The lowest BCUT2D eigenvalue weighted by Crippen LogP contribution is -2.42. The molecule has 0 aliphatic heterocycles. The normalized spacial score (nSPS) is 16.2. The third-order valence-corrected chi connectivity index (χ3v) is 5.16. The van der Waals surface area contributed by atoms with E-state index >= 15 is 0 Å². The molecular weight excluding hydrogens is 354 g/mol. The van der Waals surface area contributed by atoms with Gasteiger partial charge in [-0.3, -0.25) is 9.59 Å². The monoisotopic (exact) mass is 375 g/mol. The van der Waals surface area contributed by atoms with Gasteiger partial charge in [0, 0.05) is 17.0 Å². The lowest BCUT2D eigenvalue weighted by molar-refractivity contribution is -0.118. The largest absolute Gasteiger partial charge is 0.368 e. The first-order valence-corrected chi connectivity index (χ1v) is 9.09. The van der Waals surface area contributed by atoms with Crippen LogP contribution in [0.4, 0.5) is 0 Å². The minimum absolute atomic E-state index is 0.104. The van der Waals surface area contributed by atoms with Crippen LogP contribution in [0.1, 0.15) is 48.2 Å². The van der Waals surface area contributed by atoms with E-state index in [4.69, 9.17) is 17.3 Å². The van der Waals surface area contributed by atoms with Gasteiger partial charge in [-0.05, 0) is 30.5 Å². The Kier molecular flexibility index (Phi) is 5.56. The van der Waals surface area contributed by atoms with E-state index in [1.54, 1.807) is 0 Å². The lowest BCUT2D eigenvalue weighted by atomic mass is 9.69. The molecule has 2 amide bonds. The Morgan fingerprint density at radius 1 is 1.27 bits per heavy atom. The van der Waals surface area contributed by atoms with Gasteiger partial charge in [-0.1, -0.05) is 48.2 Å². The van der Waals surface area contributed by atoms with Gasteiger partial charge >= 0.3 is 0 Å². The highest BCUT2D eigenvalue weighted by atomic mass is 35.5. The maximum Gasteiger partial charge on any atom is 0.273 e. The van der Waals surface area contributed by atoms with Crippen LogP contribution in [-0.2, 0) is 16.8 Å². The molecule has 3 rings (SSSR count). The molecule has 1 heterocycles. The van der Waals surface area contributed by atoms with Crippen molar-refractivity contribution >= 4 is 23.4 Å². The van der Waals surface area contributed by atoms with Crippen molar-refractivity contribution in [1.82, 2.24) is 20.3 Å². The molecule has 3 N–H and O–H groups in total. The van der Waals surface area contributed by atoms with Crippen LogP contribution in [0.2, 0.25) is 5.02 Å². The number of amides is 2. The molecule has 0 atom stereocenters. The second kappa shape index (κ2) is 7.86. The van der Waals surface area contributed by atoms with Crippen molar-refractivity contribution in [1.29, 1.82) is 0 Å². The number of nitrogens with two attached hydrogens (primary N) is 1. The van der Waals surface area contributed by atoms with Crippen molar-refractivity contribution in [2.45, 2.75) is 44.1 Å². The number of primary amides is 1. The summed E-state index contributed by atoms with van der Waals surface area (Å²) in [5.74, 6) is -0.850. The number of rotatable bonds is 6. The number of carbonyl (C=O) groups excluding carboxylic acids is 2. The molecule has 1 aliphatic rings. The summed E-state index contributed by atoms with van der Waals surface area (Å²) in [7, 11) is 0. The Morgan fingerprint density at radius 2 is 2.04 bits per heavy atom. The van der Waals surface area contributed by atoms with Crippen LogP contribution in [0.15, 0.2) is 30.5 Å². The molecule has 0 radical (unpaired) electrons. The number of nitrogens with zero attached hydrogens (tertiary/aromatic N) is 3. The van der Waals surface area contributed by atoms with Crippen LogP contribution in [0.3, 0.4) is 0 Å². The second-order valence-corrected chi connectivity index (χ2v) is 7.24. The summed E-state index contributed by atoms with van der Waals surface area (Å²) in [5, 5.41) is 11.2. The minimum Gasteiger partial charge on any atom is -0.368 e. The van der Waals surface area contributed by atoms with Gasteiger partial charge in [-0.2, -0.15) is 0 Å². The topological polar surface area (TPSA) is 103 Å². The minimum atomic E-state index is -0.538. The fourth-order valence-electron chi connectivity index (χ4n) is 3.59. The second-order valence-electron chi connectivity index (χ2n) is 6.80. The smallest absolute Gasteiger partial charge is 0.273 e. The standard InChI is InChI=1S/C18H22ClN5O2/c19-14-6-4-5-13(9-14)18(7-2-1-3-8-18)12-21-17(26)15-10-24(23-22-15)11-16(20)25/h4-6,9-10H,1-3,7-8,11-12H2,(H2,20,25)(H,21,26). The molecule has 26 heavy (non-hydrogen) atoms. The summed E-state index contributed by atoms with van der Waals surface area (Å²) in [5.41, 5.74) is 6.32. The molecule has 1 saturated carbocycles. The molecule has 1 aromatic carbocycles. The van der Waals surface area contributed by atoms with Gasteiger partial charge in [0.2, 0.25) is 5.91 Å². The number of benzene rings is 1. The average molecular weight is 376 g/mol. The zero-order valence-electron chi connectivity index (χ0n) is 14.4. The third kappa shape index (κ3) is 4.22. The van der Waals surface area contributed by atoms with Crippen LogP contribution in [0.25, 0.3) is 0 Å². The van der Waals surface area contributed by atoms with Gasteiger partial charge in [-0.15, -0.1) is 5.10 Å². The summed E-state index contributed by atoms with van der Waals surface area (Å²) in [4.78, 5) is 23.4. The quantitative estimate of drug-likeness (QED) is 0.806. The molecule has 0 spiro atoms. The first kappa shape index (κ1) is 18.4. The fourth-order valence-corrected chi connectivity index (χ4v) is 3.78. The lowest BCUT2D eigenvalue weighted by Gasteiger charge is -2.38. The van der Waals surface area contributed by atoms with E-state index in [0.29, 0.717) is 11.6 Å². The van der Waals surface area contributed by atoms with Crippen LogP contribution < -0.4 is 11.1 Å². The summed E-state index contributed by atoms with van der Waals surface area (Å²) in [6.07, 6.45) is 6.88. The summed E-state index contributed by atoms with van der Waals surface area (Å²) >= 11 is 6.18. The van der Waals surface area contributed by atoms with Gasteiger partial charge in [0.15, 0.2) is 5.69 Å². The van der Waals surface area contributed by atoms with E-state index in [-0.39, 0.29) is 23.6 Å². The number of nitrogens with one attached hydrogen (secondary N) is 1. The molecule has 138 valence electrons. The van der Waals surface area contributed by atoms with Crippen LogP contribution >= 0.6 is 11.6 Å². The number of hydrogen-bond acceptors (Lipinski definition) is 4. The van der Waals surface area contributed by atoms with Crippen molar-refractivity contribution in [3.8, 4) is 0 Å². The average Bonchev–Trinajstić information content (AvgIpc) is 3.08. The molecule has 2 aromatic rings. The zero-order valence-corrected chi connectivity index (χ0v) is 15.2. The molecule has 1 aromatic heterocycles. The van der Waals surface area contributed by atoms with Crippen LogP contribution in [0.5, 0.6) is 0 Å². The first-order chi connectivity index (χ1) is 12.5. The predicted molar refractivity (Wildman–Crippen MR) is 97.8 cm³/mol. The van der Waals surface area contributed by atoms with Gasteiger partial charge < -0.3 is 11.1 Å². The SMILES string of the molecule is NC(=O)Cn1cc(C(=O)NCC2(c3cccc(Cl)c3)CCCCC2)nn1. The molecule has 7 nitrogen and oxygen atoms in total. The van der Waals surface area contributed by atoms with Crippen molar-refractivity contribution in [2.75, 3.05) is 6.54 Å². The molecular formula is C18H22ClN5O2. The highest BCUT2D eigenvalue weighted by molar-refractivity contribution is 6.30. The van der Waals surface area contributed by atoms with E-state index in [1.807, 2.05) is 18.2 Å². The van der Waals surface area contributed by atoms with Crippen LogP contribution in [-0.4, -0.2) is 33.4 Å². The molecule has 0 saturated heterocycles. The van der Waals surface area contributed by atoms with Crippen LogP contribution in [0, 0.1) is 0 Å². The third-order valence-electron chi connectivity index (χ3n) is 4.92. The van der Waals surface area contributed by atoms with E-state index in [1.165, 1.54) is 17.3 Å². The van der Waals surface area contributed by atoms with Gasteiger partial charge in [0.1, 0.15) is 6.54 Å². The number of aromatic nitrogens is 3. The number of halogens is 1. The molecule has 1 fully saturated rings. The van der Waals surface area contributed by atoms with Gasteiger partial charge in [0.25, 0.3) is 5.91 Å². The summed E-state index contributed by atoms with van der Waals surface area (Å²) < 4.78 is 1.25. The Balaban J connectivity index is 1.72. The molecule has 1 aliphatic carbocycles. The van der Waals surface area contributed by atoms with E-state index in [9.17, 15) is 9.59 Å². The van der Waals surface area contributed by atoms with E-state index in [0.717, 1.165) is 31.2 Å². The zero-order chi connectivity index (χ0) is 18.6. The Labute approximate surface area is 156 Å². The van der Waals surface area contributed by atoms with Gasteiger partial charge in [0.05, 0.1) is 6.20 Å². The highest BCUT2D eigenvalue weighted by Crippen LogP contribution is 2.39. The first-order valence-electron chi connectivity index (χ1n) is 8.71. The van der Waals surface area contributed by atoms with Crippen molar-refractivity contribution in [3.05, 3.63) is 46.7 Å². The molecule has 8 heteroatoms. The predicted octanol–water partition coefficient (Wildman–Crippen LogP) is 2.05. The molecule has 0 unspecified atom stereocenters. The summed E-state index contributed by atoms with van der Waals surface area (Å²) in [6, 6.07) is 7.87. The number of hydrogen-bond donors (Lipinski definition) is 2. The number of carbonyl (C=O) groups is 2. The van der Waals surface area contributed by atoms with Gasteiger partial charge in [-0.25, -0.2) is 4.68 Å². The Hall–Kier alpha value is -2.41. The Morgan fingerprint density at radius 3 is 2.73 bits per heavy atom.